The molecular weight excluding hydrogens is 400 g/mol. The minimum absolute atomic E-state index is 0.192. The Balaban J connectivity index is 1.41. The fourth-order valence-electron chi connectivity index (χ4n) is 6.47. The zero-order valence-electron chi connectivity index (χ0n) is 19.3. The predicted octanol–water partition coefficient (Wildman–Crippen LogP) is 9.22. The third kappa shape index (κ3) is 2.66. The molecular formula is C32H28O. The Bertz CT molecular complexity index is 1540. The van der Waals surface area contributed by atoms with Crippen LogP contribution >= 0.6 is 0 Å². The van der Waals surface area contributed by atoms with Crippen LogP contribution in [-0.2, 0) is 5.41 Å². The molecule has 1 heteroatoms. The van der Waals surface area contributed by atoms with E-state index < -0.39 is 0 Å². The van der Waals surface area contributed by atoms with Gasteiger partial charge in [-0.05, 0) is 82.0 Å². The summed E-state index contributed by atoms with van der Waals surface area (Å²) in [5.41, 5.74) is 12.2. The Labute approximate surface area is 195 Å². The molecule has 0 bridgehead atoms. The highest BCUT2D eigenvalue weighted by molar-refractivity contribution is 6.06. The minimum Gasteiger partial charge on any atom is -0.456 e. The lowest BCUT2D eigenvalue weighted by atomic mass is 9.75. The SMILES string of the molecule is CC(C)c1ccc2c(c1)C1(CCCC1)c1cc(-c3ccc4oc5ccccc5c4c3)ccc1-2. The second-order valence-electron chi connectivity index (χ2n) is 10.3. The topological polar surface area (TPSA) is 13.1 Å². The van der Waals surface area contributed by atoms with Crippen LogP contribution in [0.15, 0.2) is 83.3 Å². The van der Waals surface area contributed by atoms with Gasteiger partial charge in [0.05, 0.1) is 0 Å². The summed E-state index contributed by atoms with van der Waals surface area (Å²) in [5.74, 6) is 0.560. The second-order valence-corrected chi connectivity index (χ2v) is 10.3. The van der Waals surface area contributed by atoms with Crippen molar-refractivity contribution in [3.63, 3.8) is 0 Å². The van der Waals surface area contributed by atoms with Gasteiger partial charge in [0.2, 0.25) is 0 Å². The summed E-state index contributed by atoms with van der Waals surface area (Å²) in [7, 11) is 0. The summed E-state index contributed by atoms with van der Waals surface area (Å²) in [6.45, 7) is 4.61. The first-order valence-electron chi connectivity index (χ1n) is 12.4. The molecule has 5 aromatic rings. The van der Waals surface area contributed by atoms with Gasteiger partial charge in [0.15, 0.2) is 0 Å². The van der Waals surface area contributed by atoms with E-state index in [0.717, 1.165) is 11.2 Å². The molecule has 1 heterocycles. The van der Waals surface area contributed by atoms with Crippen LogP contribution in [0.5, 0.6) is 0 Å². The Morgan fingerprint density at radius 3 is 2.15 bits per heavy atom. The van der Waals surface area contributed by atoms with E-state index >= 15 is 0 Å². The molecule has 1 fully saturated rings. The maximum atomic E-state index is 6.07. The average molecular weight is 429 g/mol. The molecule has 2 aliphatic carbocycles. The highest BCUT2D eigenvalue weighted by Crippen LogP contribution is 2.57. The van der Waals surface area contributed by atoms with Crippen molar-refractivity contribution in [3.05, 3.63) is 95.6 Å². The quantitative estimate of drug-likeness (QED) is 0.273. The van der Waals surface area contributed by atoms with E-state index in [2.05, 4.69) is 86.6 Å². The van der Waals surface area contributed by atoms with E-state index in [-0.39, 0.29) is 5.41 Å². The highest BCUT2D eigenvalue weighted by atomic mass is 16.3. The Morgan fingerprint density at radius 2 is 1.33 bits per heavy atom. The zero-order valence-corrected chi connectivity index (χ0v) is 19.3. The van der Waals surface area contributed by atoms with E-state index in [0.29, 0.717) is 5.92 Å². The van der Waals surface area contributed by atoms with Crippen LogP contribution in [-0.4, -0.2) is 0 Å². The van der Waals surface area contributed by atoms with Crippen LogP contribution in [0.25, 0.3) is 44.2 Å². The number of para-hydroxylation sites is 1. The van der Waals surface area contributed by atoms with Gasteiger partial charge in [-0.15, -0.1) is 0 Å². The third-order valence-electron chi connectivity index (χ3n) is 8.22. The molecule has 1 aromatic heterocycles. The summed E-state index contributed by atoms with van der Waals surface area (Å²) in [5, 5.41) is 2.39. The molecule has 0 saturated heterocycles. The van der Waals surface area contributed by atoms with Crippen LogP contribution in [0.1, 0.15) is 62.1 Å². The number of furan rings is 1. The Morgan fingerprint density at radius 1 is 0.667 bits per heavy atom. The normalized spacial score (nSPS) is 16.2. The van der Waals surface area contributed by atoms with Crippen molar-refractivity contribution in [2.24, 2.45) is 0 Å². The smallest absolute Gasteiger partial charge is 0.135 e. The monoisotopic (exact) mass is 428 g/mol. The van der Waals surface area contributed by atoms with Gasteiger partial charge in [-0.25, -0.2) is 0 Å². The van der Waals surface area contributed by atoms with Gasteiger partial charge in [0.25, 0.3) is 0 Å². The summed E-state index contributed by atoms with van der Waals surface area (Å²) in [6, 6.07) is 29.4. The van der Waals surface area contributed by atoms with Gasteiger partial charge in [-0.1, -0.05) is 81.3 Å². The second kappa shape index (κ2) is 6.84. The third-order valence-corrected chi connectivity index (χ3v) is 8.22. The number of rotatable bonds is 2. The van der Waals surface area contributed by atoms with Gasteiger partial charge < -0.3 is 4.42 Å². The molecule has 0 radical (unpaired) electrons. The summed E-state index contributed by atoms with van der Waals surface area (Å²) in [6.07, 6.45) is 5.18. The van der Waals surface area contributed by atoms with E-state index in [1.807, 2.05) is 6.07 Å². The molecule has 0 atom stereocenters. The summed E-state index contributed by atoms with van der Waals surface area (Å²) in [4.78, 5) is 0. The maximum absolute atomic E-state index is 6.07. The number of hydrogen-bond acceptors (Lipinski definition) is 1. The van der Waals surface area contributed by atoms with Gasteiger partial charge in [0, 0.05) is 16.2 Å². The predicted molar refractivity (Wildman–Crippen MR) is 138 cm³/mol. The summed E-state index contributed by atoms with van der Waals surface area (Å²) < 4.78 is 6.07. The molecule has 0 aliphatic heterocycles. The summed E-state index contributed by atoms with van der Waals surface area (Å²) >= 11 is 0. The largest absolute Gasteiger partial charge is 0.456 e. The highest BCUT2D eigenvalue weighted by Gasteiger charge is 2.45. The molecule has 0 unspecified atom stereocenters. The zero-order chi connectivity index (χ0) is 22.2. The Kier molecular flexibility index (Phi) is 3.97. The molecule has 33 heavy (non-hydrogen) atoms. The van der Waals surface area contributed by atoms with Crippen LogP contribution in [0.3, 0.4) is 0 Å². The molecule has 0 N–H and O–H groups in total. The van der Waals surface area contributed by atoms with E-state index in [1.165, 1.54) is 64.3 Å². The van der Waals surface area contributed by atoms with Crippen molar-refractivity contribution >= 4 is 21.9 Å². The lowest BCUT2D eigenvalue weighted by Gasteiger charge is -2.27. The molecule has 1 spiro atoms. The molecule has 1 nitrogen and oxygen atoms in total. The lowest BCUT2D eigenvalue weighted by Crippen LogP contribution is -2.20. The fraction of sp³-hybridized carbons (Fsp3) is 0.250. The number of hydrogen-bond donors (Lipinski definition) is 0. The first-order valence-corrected chi connectivity index (χ1v) is 12.4. The molecule has 7 rings (SSSR count). The van der Waals surface area contributed by atoms with Crippen LogP contribution in [0.4, 0.5) is 0 Å². The van der Waals surface area contributed by atoms with Crippen molar-refractivity contribution in [2.75, 3.05) is 0 Å². The fourth-order valence-corrected chi connectivity index (χ4v) is 6.47. The van der Waals surface area contributed by atoms with Crippen molar-refractivity contribution in [2.45, 2.75) is 50.9 Å². The van der Waals surface area contributed by atoms with Crippen molar-refractivity contribution in [1.82, 2.24) is 0 Å². The average Bonchev–Trinajstić information content (AvgIpc) is 3.54. The van der Waals surface area contributed by atoms with Gasteiger partial charge >= 0.3 is 0 Å². The van der Waals surface area contributed by atoms with E-state index in [9.17, 15) is 0 Å². The first kappa shape index (κ1) is 19.2. The number of benzene rings is 4. The molecule has 1 saturated carbocycles. The van der Waals surface area contributed by atoms with Gasteiger partial charge in [0.1, 0.15) is 11.2 Å². The van der Waals surface area contributed by atoms with Crippen LogP contribution in [0, 0.1) is 0 Å². The standard InChI is InChI=1S/C32H28O/c1-20(2)21-9-12-24-25-13-10-23(19-29(25)32(28(24)18-21)15-5-6-16-32)22-11-14-31-27(17-22)26-7-3-4-8-30(26)33-31/h3-4,7-14,17-20H,5-6,15-16H2,1-2H3. The minimum atomic E-state index is 0.192. The van der Waals surface area contributed by atoms with Crippen molar-refractivity contribution in [1.29, 1.82) is 0 Å². The van der Waals surface area contributed by atoms with Gasteiger partial charge in [-0.2, -0.15) is 0 Å². The first-order chi connectivity index (χ1) is 16.1. The van der Waals surface area contributed by atoms with Crippen LogP contribution < -0.4 is 0 Å². The maximum Gasteiger partial charge on any atom is 0.135 e. The van der Waals surface area contributed by atoms with Crippen molar-refractivity contribution in [3.8, 4) is 22.3 Å². The molecule has 4 aromatic carbocycles. The number of fused-ring (bicyclic) bond motifs is 8. The Hall–Kier alpha value is -3.32. The van der Waals surface area contributed by atoms with Gasteiger partial charge in [-0.3, -0.25) is 0 Å². The van der Waals surface area contributed by atoms with Crippen molar-refractivity contribution < 1.29 is 4.42 Å². The molecule has 0 amide bonds. The molecule has 162 valence electrons. The molecule has 2 aliphatic rings. The van der Waals surface area contributed by atoms with E-state index in [1.54, 1.807) is 11.1 Å². The van der Waals surface area contributed by atoms with E-state index in [4.69, 9.17) is 4.42 Å². The lowest BCUT2D eigenvalue weighted by molar-refractivity contribution is 0.549. The van der Waals surface area contributed by atoms with Crippen LogP contribution in [0.2, 0.25) is 0 Å².